The lowest BCUT2D eigenvalue weighted by Crippen LogP contribution is -2.24. The van der Waals surface area contributed by atoms with Gasteiger partial charge in [-0.15, -0.1) is 11.3 Å². The fraction of sp³-hybridized carbons (Fsp3) is 0.100. The Balaban J connectivity index is 1.81. The molecule has 1 heterocycles. The van der Waals surface area contributed by atoms with Gasteiger partial charge in [-0.2, -0.15) is 0 Å². The standard InChI is InChI=1S/C20H15Cl2NO5S/c1-23(20(26)27)18-13(19(24)25)9-17(29-18)11-5-7-12(8-6-11)28-10-14-15(21)3-2-4-16(14)22/h2-9H,10H2,1H3,(H,24,25)(H,26,27). The number of hydrogen-bond donors (Lipinski definition) is 2. The normalized spacial score (nSPS) is 10.6. The van der Waals surface area contributed by atoms with Crippen molar-refractivity contribution in [1.82, 2.24) is 0 Å². The molecule has 0 radical (unpaired) electrons. The fourth-order valence-corrected chi connectivity index (χ4v) is 4.17. The molecule has 0 aliphatic carbocycles. The number of rotatable bonds is 6. The summed E-state index contributed by atoms with van der Waals surface area (Å²) < 4.78 is 5.74. The molecule has 29 heavy (non-hydrogen) atoms. The van der Waals surface area contributed by atoms with E-state index in [1.807, 2.05) is 0 Å². The highest BCUT2D eigenvalue weighted by atomic mass is 35.5. The van der Waals surface area contributed by atoms with E-state index in [0.717, 1.165) is 21.8 Å². The van der Waals surface area contributed by atoms with Crippen molar-refractivity contribution in [2.45, 2.75) is 6.61 Å². The monoisotopic (exact) mass is 451 g/mol. The van der Waals surface area contributed by atoms with Crippen LogP contribution in [0.2, 0.25) is 10.0 Å². The molecule has 0 spiro atoms. The molecule has 1 aromatic heterocycles. The summed E-state index contributed by atoms with van der Waals surface area (Å²) in [5.74, 6) is -0.602. The molecule has 0 saturated carbocycles. The Hall–Kier alpha value is -2.74. The summed E-state index contributed by atoms with van der Waals surface area (Å²) in [6, 6.07) is 13.7. The van der Waals surface area contributed by atoms with Crippen molar-refractivity contribution in [2.75, 3.05) is 11.9 Å². The van der Waals surface area contributed by atoms with Gasteiger partial charge in [0, 0.05) is 27.5 Å². The fourth-order valence-electron chi connectivity index (χ4n) is 2.55. The summed E-state index contributed by atoms with van der Waals surface area (Å²) >= 11 is 13.4. The number of halogens is 2. The van der Waals surface area contributed by atoms with Gasteiger partial charge < -0.3 is 14.9 Å². The third kappa shape index (κ3) is 4.64. The predicted octanol–water partition coefficient (Wildman–Crippen LogP) is 6.11. The summed E-state index contributed by atoms with van der Waals surface area (Å²) in [4.78, 5) is 24.2. The Morgan fingerprint density at radius 2 is 1.69 bits per heavy atom. The highest BCUT2D eigenvalue weighted by molar-refractivity contribution is 7.20. The van der Waals surface area contributed by atoms with Crippen molar-refractivity contribution in [3.8, 4) is 16.2 Å². The first-order valence-electron chi connectivity index (χ1n) is 8.28. The van der Waals surface area contributed by atoms with E-state index in [-0.39, 0.29) is 17.2 Å². The largest absolute Gasteiger partial charge is 0.489 e. The number of anilines is 1. The quantitative estimate of drug-likeness (QED) is 0.471. The first-order valence-corrected chi connectivity index (χ1v) is 9.85. The average molecular weight is 452 g/mol. The molecule has 3 aromatic rings. The van der Waals surface area contributed by atoms with Gasteiger partial charge in [0.25, 0.3) is 0 Å². The van der Waals surface area contributed by atoms with Crippen LogP contribution in [-0.2, 0) is 6.61 Å². The van der Waals surface area contributed by atoms with Crippen LogP contribution in [0.3, 0.4) is 0 Å². The number of amides is 1. The number of carboxylic acids is 1. The molecule has 9 heteroatoms. The molecule has 0 atom stereocenters. The van der Waals surface area contributed by atoms with Crippen molar-refractivity contribution < 1.29 is 24.5 Å². The van der Waals surface area contributed by atoms with Crippen molar-refractivity contribution >= 4 is 51.6 Å². The van der Waals surface area contributed by atoms with E-state index < -0.39 is 12.1 Å². The number of ether oxygens (including phenoxy) is 1. The second kappa shape index (κ2) is 8.73. The average Bonchev–Trinajstić information content (AvgIpc) is 3.13. The van der Waals surface area contributed by atoms with Gasteiger partial charge in [-0.05, 0) is 48.0 Å². The maximum absolute atomic E-state index is 11.5. The molecule has 0 saturated heterocycles. The van der Waals surface area contributed by atoms with Crippen molar-refractivity contribution in [3.05, 3.63) is 69.7 Å². The van der Waals surface area contributed by atoms with Crippen LogP contribution in [0.1, 0.15) is 15.9 Å². The molecule has 6 nitrogen and oxygen atoms in total. The lowest BCUT2D eigenvalue weighted by Gasteiger charge is -2.11. The van der Waals surface area contributed by atoms with Crippen molar-refractivity contribution in [1.29, 1.82) is 0 Å². The summed E-state index contributed by atoms with van der Waals surface area (Å²) in [5.41, 5.74) is 1.36. The minimum atomic E-state index is -1.23. The second-order valence-corrected chi connectivity index (χ2v) is 7.83. The van der Waals surface area contributed by atoms with E-state index in [1.165, 1.54) is 13.1 Å². The number of benzene rings is 2. The Bertz CT molecular complexity index is 1040. The first kappa shape index (κ1) is 21.0. The van der Waals surface area contributed by atoms with Crippen LogP contribution >= 0.6 is 34.5 Å². The minimum Gasteiger partial charge on any atom is -0.489 e. The number of thiophene rings is 1. The van der Waals surface area contributed by atoms with Gasteiger partial charge in [-0.3, -0.25) is 4.90 Å². The van der Waals surface area contributed by atoms with Gasteiger partial charge in [-0.25, -0.2) is 9.59 Å². The molecule has 1 amide bonds. The van der Waals surface area contributed by atoms with Crippen LogP contribution in [0.4, 0.5) is 9.80 Å². The molecule has 0 bridgehead atoms. The number of nitrogens with zero attached hydrogens (tertiary/aromatic N) is 1. The van der Waals surface area contributed by atoms with Crippen LogP contribution in [-0.4, -0.2) is 29.3 Å². The van der Waals surface area contributed by atoms with Crippen LogP contribution < -0.4 is 9.64 Å². The lowest BCUT2D eigenvalue weighted by atomic mass is 10.1. The van der Waals surface area contributed by atoms with E-state index in [4.69, 9.17) is 33.0 Å². The zero-order valence-electron chi connectivity index (χ0n) is 15.1. The van der Waals surface area contributed by atoms with E-state index >= 15 is 0 Å². The highest BCUT2D eigenvalue weighted by Crippen LogP contribution is 2.38. The van der Waals surface area contributed by atoms with Gasteiger partial charge in [-0.1, -0.05) is 29.3 Å². The van der Waals surface area contributed by atoms with Crippen LogP contribution in [0, 0.1) is 0 Å². The molecular formula is C20H15Cl2NO5S. The SMILES string of the molecule is CN(C(=O)O)c1sc(-c2ccc(OCc3c(Cl)cccc3Cl)cc2)cc1C(=O)O. The molecule has 2 N–H and O–H groups in total. The maximum Gasteiger partial charge on any atom is 0.412 e. The van der Waals surface area contributed by atoms with Crippen molar-refractivity contribution in [2.24, 2.45) is 0 Å². The molecular weight excluding hydrogens is 437 g/mol. The first-order chi connectivity index (χ1) is 13.8. The smallest absolute Gasteiger partial charge is 0.412 e. The highest BCUT2D eigenvalue weighted by Gasteiger charge is 2.22. The molecule has 0 fully saturated rings. The van der Waals surface area contributed by atoms with Crippen LogP contribution in [0.5, 0.6) is 5.75 Å². The molecule has 0 aliphatic rings. The summed E-state index contributed by atoms with van der Waals surface area (Å²) in [6.45, 7) is 0.202. The Labute approximate surface area is 180 Å². The summed E-state index contributed by atoms with van der Waals surface area (Å²) in [7, 11) is 1.31. The molecule has 150 valence electrons. The van der Waals surface area contributed by atoms with E-state index in [0.29, 0.717) is 26.2 Å². The number of hydrogen-bond acceptors (Lipinski definition) is 4. The topological polar surface area (TPSA) is 87.1 Å². The Morgan fingerprint density at radius 3 is 2.24 bits per heavy atom. The zero-order valence-corrected chi connectivity index (χ0v) is 17.4. The van der Waals surface area contributed by atoms with Gasteiger partial charge in [0.2, 0.25) is 0 Å². The number of carbonyl (C=O) groups is 2. The third-order valence-corrected chi connectivity index (χ3v) is 6.09. The van der Waals surface area contributed by atoms with E-state index in [9.17, 15) is 14.7 Å². The van der Waals surface area contributed by atoms with Crippen LogP contribution in [0.25, 0.3) is 10.4 Å². The maximum atomic E-state index is 11.5. The second-order valence-electron chi connectivity index (χ2n) is 5.99. The predicted molar refractivity (Wildman–Crippen MR) is 114 cm³/mol. The van der Waals surface area contributed by atoms with Gasteiger partial charge in [0.05, 0.1) is 5.56 Å². The van der Waals surface area contributed by atoms with Crippen LogP contribution in [0.15, 0.2) is 48.5 Å². The van der Waals surface area contributed by atoms with Crippen molar-refractivity contribution in [3.63, 3.8) is 0 Å². The molecule has 0 aliphatic heterocycles. The zero-order chi connectivity index (χ0) is 21.1. The molecule has 2 aromatic carbocycles. The molecule has 0 unspecified atom stereocenters. The Kier molecular flexibility index (Phi) is 6.32. The van der Waals surface area contributed by atoms with Gasteiger partial charge in [0.15, 0.2) is 0 Å². The molecule has 3 rings (SSSR count). The lowest BCUT2D eigenvalue weighted by molar-refractivity contribution is 0.0698. The van der Waals surface area contributed by atoms with Gasteiger partial charge >= 0.3 is 12.1 Å². The summed E-state index contributed by atoms with van der Waals surface area (Å²) in [6.07, 6.45) is -1.23. The van der Waals surface area contributed by atoms with E-state index in [2.05, 4.69) is 0 Å². The third-order valence-electron chi connectivity index (χ3n) is 4.12. The number of carboxylic acid groups (broad SMARTS) is 2. The Morgan fingerprint density at radius 1 is 1.07 bits per heavy atom. The number of aromatic carboxylic acids is 1. The van der Waals surface area contributed by atoms with Gasteiger partial charge in [0.1, 0.15) is 17.4 Å². The minimum absolute atomic E-state index is 0.0661. The van der Waals surface area contributed by atoms with E-state index in [1.54, 1.807) is 42.5 Å². The summed E-state index contributed by atoms with van der Waals surface area (Å²) in [5, 5.41) is 19.7.